The van der Waals surface area contributed by atoms with Gasteiger partial charge in [-0.3, -0.25) is 24.7 Å². The third-order valence-corrected chi connectivity index (χ3v) is 11.7. The van der Waals surface area contributed by atoms with Gasteiger partial charge in [0.15, 0.2) is 5.13 Å². The van der Waals surface area contributed by atoms with Crippen LogP contribution in [0, 0.1) is 16.7 Å². The summed E-state index contributed by atoms with van der Waals surface area (Å²) in [6.45, 7) is 5.21. The Hall–Kier alpha value is -3.25. The van der Waals surface area contributed by atoms with E-state index in [-0.39, 0.29) is 23.2 Å². The zero-order valence-corrected chi connectivity index (χ0v) is 29.0. The molecule has 4 aliphatic rings. The Kier molecular flexibility index (Phi) is 9.91. The van der Waals surface area contributed by atoms with Gasteiger partial charge in [0.05, 0.1) is 33.6 Å². The Morgan fingerprint density at radius 3 is 2.77 bits per heavy atom. The quantitative estimate of drug-likeness (QED) is 0.173. The van der Waals surface area contributed by atoms with Crippen LogP contribution in [-0.4, -0.2) is 76.5 Å². The van der Waals surface area contributed by atoms with E-state index in [1.54, 1.807) is 6.20 Å². The van der Waals surface area contributed by atoms with Gasteiger partial charge in [0.1, 0.15) is 5.82 Å². The number of thiol groups is 1. The van der Waals surface area contributed by atoms with Crippen LogP contribution in [0.15, 0.2) is 35.8 Å². The molecular formula is C34H39ClN8O3S2. The summed E-state index contributed by atoms with van der Waals surface area (Å²) in [4.78, 5) is 38.0. The smallest absolute Gasteiger partial charge is 0.243 e. The van der Waals surface area contributed by atoms with Crippen molar-refractivity contribution in [3.63, 3.8) is 0 Å². The number of hydrogen-bond donors (Lipinski definition) is 4. The molecule has 0 aliphatic carbocycles. The molecule has 0 bridgehead atoms. The van der Waals surface area contributed by atoms with Gasteiger partial charge in [-0.15, -0.1) is 11.3 Å². The largest absolute Gasteiger partial charge is 0.381 e. The van der Waals surface area contributed by atoms with Crippen LogP contribution in [0.5, 0.6) is 0 Å². The Labute approximate surface area is 294 Å². The van der Waals surface area contributed by atoms with Gasteiger partial charge in [-0.1, -0.05) is 29.8 Å². The lowest BCUT2D eigenvalue weighted by molar-refractivity contribution is -0.137. The van der Waals surface area contributed by atoms with Gasteiger partial charge in [0.25, 0.3) is 0 Å². The van der Waals surface area contributed by atoms with Crippen molar-refractivity contribution < 1.29 is 14.3 Å². The molecule has 4 aliphatic heterocycles. The molecule has 0 saturated carbocycles. The molecule has 3 saturated heterocycles. The number of piperidine rings is 2. The minimum absolute atomic E-state index is 0.157. The highest BCUT2D eigenvalue weighted by Crippen LogP contribution is 2.40. The number of hydrogen-bond acceptors (Lipinski definition) is 12. The van der Waals surface area contributed by atoms with E-state index < -0.39 is 5.41 Å². The molecular weight excluding hydrogens is 668 g/mol. The van der Waals surface area contributed by atoms with E-state index in [4.69, 9.17) is 34.0 Å². The van der Waals surface area contributed by atoms with Gasteiger partial charge in [0.2, 0.25) is 11.8 Å². The van der Waals surface area contributed by atoms with Crippen molar-refractivity contribution in [2.45, 2.75) is 69.1 Å². The van der Waals surface area contributed by atoms with Gasteiger partial charge in [-0.2, -0.15) is 17.9 Å². The number of halogens is 1. The molecule has 2 aromatic heterocycles. The predicted octanol–water partition coefficient (Wildman–Crippen LogP) is 5.22. The molecule has 11 nitrogen and oxygen atoms in total. The molecule has 3 N–H and O–H groups in total. The second kappa shape index (κ2) is 14.3. The number of nitriles is 1. The third kappa shape index (κ3) is 7.20. The molecule has 14 heteroatoms. The van der Waals surface area contributed by atoms with Crippen molar-refractivity contribution >= 4 is 58.3 Å². The van der Waals surface area contributed by atoms with Crippen molar-refractivity contribution in [2.75, 3.05) is 43.5 Å². The minimum atomic E-state index is -0.427. The number of pyridine rings is 1. The van der Waals surface area contributed by atoms with Gasteiger partial charge < -0.3 is 15.4 Å². The second-order valence-corrected chi connectivity index (χ2v) is 14.9. The van der Waals surface area contributed by atoms with E-state index in [1.165, 1.54) is 22.5 Å². The standard InChI is InChI=1S/C34H39ClN8O3S2/c35-26-15-37-29(14-25(26)27-18-48-33(40-27)38-20-34(19-36)7-11-46-12-8-34)39-23-5-9-42(10-6-23)16-21-1-2-24-22(13-21)17-43(32(24)47)28-3-4-30(44)41-31(28)45/h1-2,13-15,18,23,28,32,47H,3-12,16-17,20H2,(H,37,39)(H,38,40)(H,41,44,45). The maximum absolute atomic E-state index is 12.5. The van der Waals surface area contributed by atoms with E-state index >= 15 is 0 Å². The summed E-state index contributed by atoms with van der Waals surface area (Å²) in [7, 11) is 0. The first-order valence-electron chi connectivity index (χ1n) is 16.5. The van der Waals surface area contributed by atoms with Gasteiger partial charge in [-0.05, 0) is 54.9 Å². The van der Waals surface area contributed by atoms with Gasteiger partial charge in [-0.25, -0.2) is 9.97 Å². The summed E-state index contributed by atoms with van der Waals surface area (Å²) in [5.74, 6) is 0.359. The normalized spacial score (nSPS) is 23.4. The van der Waals surface area contributed by atoms with E-state index in [9.17, 15) is 14.9 Å². The highest BCUT2D eigenvalue weighted by Gasteiger charge is 2.39. The van der Waals surface area contributed by atoms with Crippen LogP contribution >= 0.6 is 35.6 Å². The lowest BCUT2D eigenvalue weighted by Gasteiger charge is -2.32. The molecule has 0 radical (unpaired) electrons. The van der Waals surface area contributed by atoms with Crippen LogP contribution in [-0.2, 0) is 27.4 Å². The molecule has 7 rings (SSSR count). The number of benzene rings is 1. The first-order chi connectivity index (χ1) is 23.3. The average molecular weight is 707 g/mol. The van der Waals surface area contributed by atoms with E-state index in [0.717, 1.165) is 73.1 Å². The number of amides is 2. The fourth-order valence-corrected chi connectivity index (χ4v) is 8.52. The number of carbonyl (C=O) groups excluding carboxylic acids is 2. The zero-order valence-electron chi connectivity index (χ0n) is 26.6. The second-order valence-electron chi connectivity index (χ2n) is 13.2. The summed E-state index contributed by atoms with van der Waals surface area (Å²) in [6.07, 6.45) is 5.99. The Morgan fingerprint density at radius 1 is 1.19 bits per heavy atom. The number of anilines is 2. The lowest BCUT2D eigenvalue weighted by Crippen LogP contribution is -2.51. The van der Waals surface area contributed by atoms with Crippen LogP contribution < -0.4 is 16.0 Å². The number of ether oxygens (including phenoxy) is 1. The Balaban J connectivity index is 0.916. The van der Waals surface area contributed by atoms with Crippen molar-refractivity contribution in [1.29, 1.82) is 5.26 Å². The molecule has 1 aromatic carbocycles. The molecule has 252 valence electrons. The SMILES string of the molecule is N#CC1(CNc2nc(-c3cc(NC4CCN(Cc5ccc6c(c5)CN(C5CCC(=O)NC5=O)C6S)CC4)ncc3Cl)cs2)CCOCC1. The van der Waals surface area contributed by atoms with E-state index in [0.29, 0.717) is 50.2 Å². The van der Waals surface area contributed by atoms with Crippen LogP contribution in [0.2, 0.25) is 5.02 Å². The average Bonchev–Trinajstić information content (AvgIpc) is 3.70. The molecule has 2 unspecified atom stereocenters. The summed E-state index contributed by atoms with van der Waals surface area (Å²) >= 11 is 12.9. The Bertz CT molecular complexity index is 1720. The lowest BCUT2D eigenvalue weighted by atomic mass is 9.82. The van der Waals surface area contributed by atoms with Crippen molar-refractivity contribution in [2.24, 2.45) is 5.41 Å². The summed E-state index contributed by atoms with van der Waals surface area (Å²) < 4.78 is 5.45. The fraction of sp³-hybridized carbons (Fsp3) is 0.500. The van der Waals surface area contributed by atoms with Crippen LogP contribution in [0.3, 0.4) is 0 Å². The number of carbonyl (C=O) groups is 2. The molecule has 0 spiro atoms. The fourth-order valence-electron chi connectivity index (χ4n) is 7.12. The van der Waals surface area contributed by atoms with Crippen LogP contribution in [0.4, 0.5) is 10.9 Å². The van der Waals surface area contributed by atoms with E-state index in [1.807, 2.05) is 11.4 Å². The zero-order chi connectivity index (χ0) is 33.3. The number of nitrogens with one attached hydrogen (secondary N) is 3. The number of imide groups is 1. The molecule has 48 heavy (non-hydrogen) atoms. The van der Waals surface area contributed by atoms with Gasteiger partial charge >= 0.3 is 0 Å². The Morgan fingerprint density at radius 2 is 2.00 bits per heavy atom. The van der Waals surface area contributed by atoms with E-state index in [2.05, 4.69) is 55.0 Å². The monoisotopic (exact) mass is 706 g/mol. The molecule has 3 fully saturated rings. The maximum atomic E-state index is 12.5. The van der Waals surface area contributed by atoms with Crippen molar-refractivity contribution in [3.05, 3.63) is 57.6 Å². The summed E-state index contributed by atoms with van der Waals surface area (Å²) in [5, 5.41) is 22.4. The number of likely N-dealkylation sites (tertiary alicyclic amines) is 1. The van der Waals surface area contributed by atoms with Crippen LogP contribution in [0.25, 0.3) is 11.3 Å². The van der Waals surface area contributed by atoms with Crippen LogP contribution in [0.1, 0.15) is 60.6 Å². The summed E-state index contributed by atoms with van der Waals surface area (Å²) in [6, 6.07) is 11.0. The number of rotatable bonds is 9. The number of aromatic nitrogens is 2. The molecule has 2 atom stereocenters. The number of fused-ring (bicyclic) bond motifs is 1. The summed E-state index contributed by atoms with van der Waals surface area (Å²) in [5.41, 5.74) is 4.77. The number of thiazole rings is 1. The maximum Gasteiger partial charge on any atom is 0.243 e. The third-order valence-electron chi connectivity index (χ3n) is 10.0. The van der Waals surface area contributed by atoms with Crippen molar-refractivity contribution in [1.82, 2.24) is 25.1 Å². The number of nitrogens with zero attached hydrogens (tertiary/aromatic N) is 5. The van der Waals surface area contributed by atoms with Gasteiger partial charge in [0, 0.05) is 75.5 Å². The first-order valence-corrected chi connectivity index (χ1v) is 18.3. The highest BCUT2D eigenvalue weighted by molar-refractivity contribution is 7.80. The van der Waals surface area contributed by atoms with Crippen molar-refractivity contribution in [3.8, 4) is 17.3 Å². The molecule has 3 aromatic rings. The highest BCUT2D eigenvalue weighted by atomic mass is 35.5. The first kappa shape index (κ1) is 33.3. The minimum Gasteiger partial charge on any atom is -0.381 e. The topological polar surface area (TPSA) is 136 Å². The molecule has 6 heterocycles. The molecule has 2 amide bonds. The predicted molar refractivity (Wildman–Crippen MR) is 189 cm³/mol.